The molecule has 7 heteroatoms. The summed E-state index contributed by atoms with van der Waals surface area (Å²) in [4.78, 5) is 40.3. The van der Waals surface area contributed by atoms with Crippen LogP contribution in [0.25, 0.3) is 10.9 Å². The number of ether oxygens (including phenoxy) is 3. The predicted molar refractivity (Wildman–Crippen MR) is 94.6 cm³/mol. The highest BCUT2D eigenvalue weighted by Gasteiger charge is 2.48. The van der Waals surface area contributed by atoms with E-state index in [1.165, 1.54) is 27.4 Å². The fraction of sp³-hybridized carbons (Fsp3) is 0.316. The molecule has 0 aliphatic carbocycles. The van der Waals surface area contributed by atoms with E-state index < -0.39 is 23.3 Å². The third-order valence-corrected chi connectivity index (χ3v) is 4.33. The Kier molecular flexibility index (Phi) is 5.82. The minimum atomic E-state index is -1.65. The van der Waals surface area contributed by atoms with Crippen molar-refractivity contribution in [2.75, 3.05) is 21.3 Å². The van der Waals surface area contributed by atoms with Crippen LogP contribution in [0.2, 0.25) is 0 Å². The fourth-order valence-electron chi connectivity index (χ4n) is 3.07. The van der Waals surface area contributed by atoms with Gasteiger partial charge < -0.3 is 19.2 Å². The number of esters is 3. The number of fused-ring (bicyclic) bond motifs is 1. The highest BCUT2D eigenvalue weighted by molar-refractivity contribution is 6.03. The first-order chi connectivity index (χ1) is 12.4. The van der Waals surface area contributed by atoms with Crippen molar-refractivity contribution in [1.29, 1.82) is 0 Å². The van der Waals surface area contributed by atoms with Crippen molar-refractivity contribution < 1.29 is 28.6 Å². The molecule has 0 unspecified atom stereocenters. The van der Waals surface area contributed by atoms with Gasteiger partial charge in [-0.25, -0.2) is 4.79 Å². The van der Waals surface area contributed by atoms with Crippen LogP contribution in [-0.2, 0) is 30.2 Å². The van der Waals surface area contributed by atoms with Crippen LogP contribution in [0.3, 0.4) is 0 Å². The summed E-state index contributed by atoms with van der Waals surface area (Å²) >= 11 is 0. The van der Waals surface area contributed by atoms with Crippen LogP contribution >= 0.6 is 0 Å². The van der Waals surface area contributed by atoms with Crippen molar-refractivity contribution >= 4 is 28.8 Å². The largest absolute Gasteiger partial charge is 0.468 e. The zero-order valence-corrected chi connectivity index (χ0v) is 15.0. The van der Waals surface area contributed by atoms with Gasteiger partial charge in [0.2, 0.25) is 0 Å². The second kappa shape index (κ2) is 7.86. The Morgan fingerprint density at radius 2 is 1.69 bits per heavy atom. The van der Waals surface area contributed by atoms with Gasteiger partial charge >= 0.3 is 17.9 Å². The molecule has 0 saturated heterocycles. The number of nitrogens with one attached hydrogen (secondary N) is 1. The number of carbonyl (C=O) groups is 3. The molecule has 0 atom stereocenters. The number of aromatic nitrogens is 1. The third-order valence-electron chi connectivity index (χ3n) is 4.33. The van der Waals surface area contributed by atoms with Gasteiger partial charge in [0, 0.05) is 17.3 Å². The number of rotatable bonds is 7. The van der Waals surface area contributed by atoms with Crippen LogP contribution in [0.5, 0.6) is 0 Å². The number of hydrogen-bond donors (Lipinski definition) is 1. The molecule has 0 saturated carbocycles. The fourth-order valence-corrected chi connectivity index (χ4v) is 3.07. The van der Waals surface area contributed by atoms with E-state index in [2.05, 4.69) is 11.6 Å². The number of methoxy groups -OCH3 is 3. The molecule has 1 N–H and O–H groups in total. The van der Waals surface area contributed by atoms with E-state index in [1.807, 2.05) is 0 Å². The minimum absolute atomic E-state index is 0.00747. The zero-order valence-electron chi connectivity index (χ0n) is 15.0. The van der Waals surface area contributed by atoms with E-state index in [4.69, 9.17) is 14.2 Å². The topological polar surface area (TPSA) is 94.7 Å². The number of aromatic amines is 1. The smallest absolute Gasteiger partial charge is 0.354 e. The van der Waals surface area contributed by atoms with Crippen LogP contribution < -0.4 is 0 Å². The van der Waals surface area contributed by atoms with Crippen LogP contribution in [0, 0.1) is 5.41 Å². The molecule has 1 aromatic carbocycles. The number of benzene rings is 1. The molecule has 0 aliphatic heterocycles. The van der Waals surface area contributed by atoms with Gasteiger partial charge in [-0.15, -0.1) is 6.58 Å². The normalized spacial score (nSPS) is 11.0. The molecular formula is C19H21NO6. The van der Waals surface area contributed by atoms with E-state index in [1.54, 1.807) is 24.3 Å². The second-order valence-corrected chi connectivity index (χ2v) is 5.75. The SMILES string of the molecule is C=CCC(Cc1c(C(=O)OC)[nH]c2ccccc12)(C(=O)OC)C(=O)OC. The first-order valence-electron chi connectivity index (χ1n) is 7.90. The quantitative estimate of drug-likeness (QED) is 0.353. The van der Waals surface area contributed by atoms with E-state index in [0.717, 1.165) is 0 Å². The summed E-state index contributed by atoms with van der Waals surface area (Å²) in [5, 5.41) is 0.703. The Morgan fingerprint density at radius 1 is 1.08 bits per heavy atom. The molecule has 0 spiro atoms. The monoisotopic (exact) mass is 359 g/mol. The average molecular weight is 359 g/mol. The Morgan fingerprint density at radius 3 is 2.23 bits per heavy atom. The molecule has 26 heavy (non-hydrogen) atoms. The molecular weight excluding hydrogens is 338 g/mol. The molecule has 0 radical (unpaired) electrons. The first kappa shape index (κ1) is 19.2. The number of H-pyrrole nitrogens is 1. The van der Waals surface area contributed by atoms with Crippen LogP contribution in [0.15, 0.2) is 36.9 Å². The summed E-state index contributed by atoms with van der Waals surface area (Å²) in [5.74, 6) is -2.12. The van der Waals surface area contributed by atoms with Crippen molar-refractivity contribution in [2.24, 2.45) is 5.41 Å². The predicted octanol–water partition coefficient (Wildman–Crippen LogP) is 2.41. The van der Waals surface area contributed by atoms with Gasteiger partial charge in [-0.2, -0.15) is 0 Å². The lowest BCUT2D eigenvalue weighted by Crippen LogP contribution is -2.43. The molecule has 1 heterocycles. The van der Waals surface area contributed by atoms with E-state index in [-0.39, 0.29) is 18.5 Å². The molecule has 1 aromatic heterocycles. The summed E-state index contributed by atoms with van der Waals surface area (Å²) in [6, 6.07) is 7.19. The summed E-state index contributed by atoms with van der Waals surface area (Å²) in [7, 11) is 3.65. The summed E-state index contributed by atoms with van der Waals surface area (Å²) in [6.45, 7) is 3.63. The van der Waals surface area contributed by atoms with Crippen molar-refractivity contribution in [1.82, 2.24) is 4.98 Å². The summed E-state index contributed by atoms with van der Waals surface area (Å²) in [5.41, 5.74) is -0.316. The van der Waals surface area contributed by atoms with E-state index in [0.29, 0.717) is 16.5 Å². The molecule has 2 aromatic rings. The molecule has 0 fully saturated rings. The summed E-state index contributed by atoms with van der Waals surface area (Å²) in [6.07, 6.45) is 1.33. The van der Waals surface area contributed by atoms with Gasteiger partial charge in [-0.05, 0) is 18.1 Å². The standard InChI is InChI=1S/C19H21NO6/c1-5-10-19(17(22)25-3,18(23)26-4)11-13-12-8-6-7-9-14(12)20-15(13)16(21)24-2/h5-9,20H,1,10-11H2,2-4H3. The van der Waals surface area contributed by atoms with Crippen molar-refractivity contribution in [2.45, 2.75) is 12.8 Å². The Hall–Kier alpha value is -3.09. The lowest BCUT2D eigenvalue weighted by molar-refractivity contribution is -0.168. The number of carbonyl (C=O) groups excluding carboxylic acids is 3. The number of para-hydroxylation sites is 1. The van der Waals surface area contributed by atoms with E-state index in [9.17, 15) is 14.4 Å². The number of allylic oxidation sites excluding steroid dienone is 1. The highest BCUT2D eigenvalue weighted by atomic mass is 16.5. The van der Waals surface area contributed by atoms with Crippen LogP contribution in [0.4, 0.5) is 0 Å². The zero-order chi connectivity index (χ0) is 19.3. The van der Waals surface area contributed by atoms with E-state index >= 15 is 0 Å². The molecule has 7 nitrogen and oxygen atoms in total. The summed E-state index contributed by atoms with van der Waals surface area (Å²) < 4.78 is 14.6. The van der Waals surface area contributed by atoms with Gasteiger partial charge in [0.25, 0.3) is 0 Å². The Labute approximate surface area is 150 Å². The lowest BCUT2D eigenvalue weighted by Gasteiger charge is -2.27. The first-order valence-corrected chi connectivity index (χ1v) is 7.90. The van der Waals surface area contributed by atoms with Gasteiger partial charge in [-0.3, -0.25) is 9.59 Å². The Balaban J connectivity index is 2.71. The van der Waals surface area contributed by atoms with Crippen molar-refractivity contribution in [3.63, 3.8) is 0 Å². The second-order valence-electron chi connectivity index (χ2n) is 5.75. The third kappa shape index (κ3) is 3.20. The van der Waals surface area contributed by atoms with Gasteiger partial charge in [-0.1, -0.05) is 24.3 Å². The van der Waals surface area contributed by atoms with Crippen LogP contribution in [-0.4, -0.2) is 44.2 Å². The molecule has 0 aliphatic rings. The van der Waals surface area contributed by atoms with Gasteiger partial charge in [0.05, 0.1) is 21.3 Å². The maximum atomic E-state index is 12.5. The molecule has 0 bridgehead atoms. The minimum Gasteiger partial charge on any atom is -0.468 e. The van der Waals surface area contributed by atoms with Crippen molar-refractivity contribution in [3.05, 3.63) is 48.2 Å². The lowest BCUT2D eigenvalue weighted by atomic mass is 9.77. The maximum absolute atomic E-state index is 12.5. The molecule has 138 valence electrons. The Bertz CT molecular complexity index is 835. The van der Waals surface area contributed by atoms with Gasteiger partial charge in [0.1, 0.15) is 5.69 Å². The van der Waals surface area contributed by atoms with Gasteiger partial charge in [0.15, 0.2) is 5.41 Å². The molecule has 2 rings (SSSR count). The average Bonchev–Trinajstić information content (AvgIpc) is 3.03. The van der Waals surface area contributed by atoms with Crippen LogP contribution in [0.1, 0.15) is 22.5 Å². The molecule has 0 amide bonds. The highest BCUT2D eigenvalue weighted by Crippen LogP contribution is 2.35. The van der Waals surface area contributed by atoms with Crippen molar-refractivity contribution in [3.8, 4) is 0 Å². The maximum Gasteiger partial charge on any atom is 0.354 e. The number of hydrogen-bond acceptors (Lipinski definition) is 6.